The molecule has 0 saturated carbocycles. The summed E-state index contributed by atoms with van der Waals surface area (Å²) in [5.74, 6) is 0.534. The van der Waals surface area contributed by atoms with Gasteiger partial charge in [-0.05, 0) is 26.8 Å². The second kappa shape index (κ2) is 6.68. The number of nitrogens with zero attached hydrogens (tertiary/aromatic N) is 1. The van der Waals surface area contributed by atoms with Crippen molar-refractivity contribution < 1.29 is 13.2 Å². The van der Waals surface area contributed by atoms with Crippen molar-refractivity contribution in [3.05, 3.63) is 0 Å². The van der Waals surface area contributed by atoms with Crippen LogP contribution in [0.5, 0.6) is 0 Å². The number of sulfone groups is 1. The highest BCUT2D eigenvalue weighted by Crippen LogP contribution is 2.22. The predicted octanol–water partition coefficient (Wildman–Crippen LogP) is 1.69. The van der Waals surface area contributed by atoms with Gasteiger partial charge in [-0.3, -0.25) is 4.90 Å². The van der Waals surface area contributed by atoms with Crippen molar-refractivity contribution in [2.24, 2.45) is 0 Å². The van der Waals surface area contributed by atoms with E-state index < -0.39 is 9.84 Å². The second-order valence-electron chi connectivity index (χ2n) is 5.48. The Kier molecular flexibility index (Phi) is 6.09. The highest BCUT2D eigenvalue weighted by molar-refractivity contribution is 9.09. The Morgan fingerprint density at radius 1 is 1.44 bits per heavy atom. The monoisotopic (exact) mass is 341 g/mol. The highest BCUT2D eigenvalue weighted by Gasteiger charge is 2.32. The third-order valence-corrected chi connectivity index (χ3v) is 5.61. The Morgan fingerprint density at radius 3 is 2.67 bits per heavy atom. The first-order valence-corrected chi connectivity index (χ1v) is 9.39. The van der Waals surface area contributed by atoms with Gasteiger partial charge in [-0.2, -0.15) is 0 Å². The molecule has 1 rings (SSSR count). The van der Waals surface area contributed by atoms with Gasteiger partial charge in [0, 0.05) is 24.2 Å². The summed E-state index contributed by atoms with van der Waals surface area (Å²) in [6.07, 6.45) is 0.901. The van der Waals surface area contributed by atoms with Crippen LogP contribution in [0.25, 0.3) is 0 Å². The van der Waals surface area contributed by atoms with Gasteiger partial charge < -0.3 is 4.74 Å². The average molecular weight is 342 g/mol. The van der Waals surface area contributed by atoms with Crippen LogP contribution in [0.4, 0.5) is 0 Å². The molecule has 18 heavy (non-hydrogen) atoms. The Labute approximate surface area is 119 Å². The van der Waals surface area contributed by atoms with Gasteiger partial charge in [0.1, 0.15) is 9.84 Å². The van der Waals surface area contributed by atoms with Crippen molar-refractivity contribution >= 4 is 25.8 Å². The highest BCUT2D eigenvalue weighted by atomic mass is 79.9. The molecule has 1 atom stereocenters. The summed E-state index contributed by atoms with van der Waals surface area (Å²) in [5.41, 5.74) is -0.152. The van der Waals surface area contributed by atoms with E-state index in [1.165, 1.54) is 0 Å². The number of ether oxygens (including phenoxy) is 1. The summed E-state index contributed by atoms with van der Waals surface area (Å²) in [5, 5.41) is 0.820. The standard InChI is InChI=1S/C12H24BrNO3S/c1-4-18(15,16)7-5-6-14-9-11(8-13)17-12(2,3)10-14/h11H,4-10H2,1-3H3. The largest absolute Gasteiger partial charge is 0.369 e. The smallest absolute Gasteiger partial charge is 0.150 e. The first-order valence-electron chi connectivity index (χ1n) is 6.44. The van der Waals surface area contributed by atoms with Crippen molar-refractivity contribution in [1.82, 2.24) is 4.90 Å². The third-order valence-electron chi connectivity index (χ3n) is 3.09. The van der Waals surface area contributed by atoms with Crippen LogP contribution in [-0.2, 0) is 14.6 Å². The number of rotatable bonds is 6. The van der Waals surface area contributed by atoms with Gasteiger partial charge in [-0.1, -0.05) is 22.9 Å². The van der Waals surface area contributed by atoms with Gasteiger partial charge in [-0.25, -0.2) is 8.42 Å². The fourth-order valence-corrected chi connectivity index (χ4v) is 3.51. The van der Waals surface area contributed by atoms with E-state index in [0.717, 1.165) is 25.0 Å². The summed E-state index contributed by atoms with van der Waals surface area (Å²) < 4.78 is 28.8. The quantitative estimate of drug-likeness (QED) is 0.689. The molecule has 1 aliphatic heterocycles. The Bertz CT molecular complexity index is 356. The first kappa shape index (κ1) is 16.4. The van der Waals surface area contributed by atoms with E-state index in [4.69, 9.17) is 4.74 Å². The molecule has 0 aromatic rings. The lowest BCUT2D eigenvalue weighted by Crippen LogP contribution is -2.53. The van der Waals surface area contributed by atoms with Gasteiger partial charge in [0.05, 0.1) is 17.5 Å². The van der Waals surface area contributed by atoms with Gasteiger partial charge in [-0.15, -0.1) is 0 Å². The number of morpholine rings is 1. The van der Waals surface area contributed by atoms with E-state index in [2.05, 4.69) is 34.7 Å². The van der Waals surface area contributed by atoms with E-state index in [9.17, 15) is 8.42 Å². The Morgan fingerprint density at radius 2 is 2.11 bits per heavy atom. The predicted molar refractivity (Wildman–Crippen MR) is 78.1 cm³/mol. The molecule has 108 valence electrons. The number of hydrogen-bond acceptors (Lipinski definition) is 4. The van der Waals surface area contributed by atoms with E-state index in [1.807, 2.05) is 0 Å². The minimum Gasteiger partial charge on any atom is -0.369 e. The molecule has 6 heteroatoms. The zero-order valence-corrected chi connectivity index (χ0v) is 13.9. The average Bonchev–Trinajstić information content (AvgIpc) is 2.26. The van der Waals surface area contributed by atoms with Crippen molar-refractivity contribution in [2.45, 2.75) is 38.9 Å². The van der Waals surface area contributed by atoms with Crippen molar-refractivity contribution in [2.75, 3.05) is 36.5 Å². The fourth-order valence-electron chi connectivity index (χ4n) is 2.32. The van der Waals surface area contributed by atoms with E-state index >= 15 is 0 Å². The van der Waals surface area contributed by atoms with Gasteiger partial charge >= 0.3 is 0 Å². The SMILES string of the molecule is CCS(=O)(=O)CCCN1CC(CBr)OC(C)(C)C1. The molecule has 0 aromatic carbocycles. The molecule has 0 radical (unpaired) electrons. The maximum absolute atomic E-state index is 11.4. The molecule has 4 nitrogen and oxygen atoms in total. The molecular weight excluding hydrogens is 318 g/mol. The van der Waals surface area contributed by atoms with Gasteiger partial charge in [0.25, 0.3) is 0 Å². The van der Waals surface area contributed by atoms with Crippen LogP contribution in [0.15, 0.2) is 0 Å². The van der Waals surface area contributed by atoms with Crippen LogP contribution >= 0.6 is 15.9 Å². The summed E-state index contributed by atoms with van der Waals surface area (Å²) in [4.78, 5) is 2.31. The number of halogens is 1. The summed E-state index contributed by atoms with van der Waals surface area (Å²) in [6.45, 7) is 8.43. The summed E-state index contributed by atoms with van der Waals surface area (Å²) in [7, 11) is -2.84. The first-order chi connectivity index (χ1) is 8.28. The van der Waals surface area contributed by atoms with Crippen LogP contribution in [-0.4, -0.2) is 61.5 Å². The third kappa shape index (κ3) is 5.55. The molecule has 1 saturated heterocycles. The Balaban J connectivity index is 2.42. The van der Waals surface area contributed by atoms with Crippen LogP contribution < -0.4 is 0 Å². The van der Waals surface area contributed by atoms with Crippen LogP contribution in [0.1, 0.15) is 27.2 Å². The lowest BCUT2D eigenvalue weighted by atomic mass is 10.1. The van der Waals surface area contributed by atoms with E-state index in [-0.39, 0.29) is 17.5 Å². The zero-order chi connectivity index (χ0) is 13.8. The van der Waals surface area contributed by atoms with Crippen molar-refractivity contribution in [3.63, 3.8) is 0 Å². The molecule has 0 aromatic heterocycles. The van der Waals surface area contributed by atoms with Gasteiger partial charge in [0.2, 0.25) is 0 Å². The molecule has 1 heterocycles. The molecule has 0 spiro atoms. The molecule has 1 aliphatic rings. The number of hydrogen-bond donors (Lipinski definition) is 0. The van der Waals surface area contributed by atoms with Crippen molar-refractivity contribution in [3.8, 4) is 0 Å². The minimum atomic E-state index is -2.84. The van der Waals surface area contributed by atoms with Crippen LogP contribution in [0.2, 0.25) is 0 Å². The molecule has 1 fully saturated rings. The minimum absolute atomic E-state index is 0.152. The van der Waals surface area contributed by atoms with Crippen molar-refractivity contribution in [1.29, 1.82) is 0 Å². The summed E-state index contributed by atoms with van der Waals surface area (Å²) in [6, 6.07) is 0. The maximum atomic E-state index is 11.4. The maximum Gasteiger partial charge on any atom is 0.150 e. The van der Waals surface area contributed by atoms with Gasteiger partial charge in [0.15, 0.2) is 0 Å². The van der Waals surface area contributed by atoms with Crippen LogP contribution in [0.3, 0.4) is 0 Å². The molecular formula is C12H24BrNO3S. The number of alkyl halides is 1. The molecule has 1 unspecified atom stereocenters. The van der Waals surface area contributed by atoms with E-state index in [1.54, 1.807) is 6.92 Å². The molecule has 0 bridgehead atoms. The summed E-state index contributed by atoms with van der Waals surface area (Å²) >= 11 is 3.45. The topological polar surface area (TPSA) is 46.6 Å². The fraction of sp³-hybridized carbons (Fsp3) is 1.00. The normalized spacial score (nSPS) is 25.2. The van der Waals surface area contributed by atoms with E-state index in [0.29, 0.717) is 12.2 Å². The van der Waals surface area contributed by atoms with Crippen LogP contribution in [0, 0.1) is 0 Å². The second-order valence-corrected chi connectivity index (χ2v) is 8.60. The molecule has 0 aliphatic carbocycles. The lowest BCUT2D eigenvalue weighted by molar-refractivity contribution is -0.126. The Hall–Kier alpha value is 0.350. The molecule has 0 amide bonds. The molecule has 0 N–H and O–H groups in total. The lowest BCUT2D eigenvalue weighted by Gasteiger charge is -2.42. The zero-order valence-electron chi connectivity index (χ0n) is 11.5.